The van der Waals surface area contributed by atoms with Crippen molar-refractivity contribution in [1.82, 2.24) is 0 Å². The maximum atomic E-state index is 13.2. The topological polar surface area (TPSA) is 107 Å². The molecule has 6 aromatic carbocycles. The van der Waals surface area contributed by atoms with Crippen LogP contribution in [-0.4, -0.2) is 58.9 Å². The SMILES string of the molecule is CCC(C)(c1ccc(OC(=O)OCCF)cc1)c1ccc(OC(=O)Oc2ccc(C3(c4ccc(OC(=O)OCCF)c(C)c4)c4ccccc4-c4ccccc43)cc2C)cc1.FCF.FCF. The van der Waals surface area contributed by atoms with Crippen LogP contribution >= 0.6 is 0 Å². The summed E-state index contributed by atoms with van der Waals surface area (Å²) in [6, 6.07) is 42.0. The summed E-state index contributed by atoms with van der Waals surface area (Å²) < 4.78 is 94.8. The number of alkyl halides is 6. The first-order valence-electron chi connectivity index (χ1n) is 20.9. The van der Waals surface area contributed by atoms with Gasteiger partial charge in [-0.2, -0.15) is 0 Å². The number of fused-ring (bicyclic) bond motifs is 3. The number of ether oxygens (including phenoxy) is 6. The van der Waals surface area contributed by atoms with Crippen molar-refractivity contribution >= 4 is 18.5 Å². The maximum Gasteiger partial charge on any atom is 0.519 e. The smallest absolute Gasteiger partial charge is 0.431 e. The van der Waals surface area contributed by atoms with Crippen LogP contribution in [0.25, 0.3) is 11.1 Å². The van der Waals surface area contributed by atoms with Gasteiger partial charge in [0.1, 0.15) is 49.6 Å². The first kappa shape index (κ1) is 50.7. The number of carbonyl (C=O) groups excluding carboxylic acids is 3. The van der Waals surface area contributed by atoms with Crippen molar-refractivity contribution in [3.8, 4) is 34.1 Å². The Morgan fingerprint density at radius 2 is 0.881 bits per heavy atom. The van der Waals surface area contributed by atoms with Crippen molar-refractivity contribution in [2.24, 2.45) is 0 Å². The minimum absolute atomic E-state index is 0.276. The largest absolute Gasteiger partial charge is 0.519 e. The number of carbonyl (C=O) groups is 3. The summed E-state index contributed by atoms with van der Waals surface area (Å²) in [6.07, 6.45) is -2.11. The van der Waals surface area contributed by atoms with Crippen molar-refractivity contribution in [2.45, 2.75) is 44.9 Å². The zero-order valence-corrected chi connectivity index (χ0v) is 37.1. The van der Waals surface area contributed by atoms with Gasteiger partial charge >= 0.3 is 18.5 Å². The molecule has 0 N–H and O–H groups in total. The molecule has 1 aliphatic rings. The lowest BCUT2D eigenvalue weighted by molar-refractivity contribution is 0.0920. The van der Waals surface area contributed by atoms with Crippen LogP contribution in [-0.2, 0) is 20.3 Å². The lowest BCUT2D eigenvalue weighted by atomic mass is 9.67. The monoisotopic (exact) mass is 930 g/mol. The van der Waals surface area contributed by atoms with Gasteiger partial charge in [0.2, 0.25) is 13.9 Å². The van der Waals surface area contributed by atoms with Gasteiger partial charge in [0.15, 0.2) is 0 Å². The second-order valence-corrected chi connectivity index (χ2v) is 15.0. The summed E-state index contributed by atoms with van der Waals surface area (Å²) in [5, 5.41) is 0. The molecule has 0 bridgehead atoms. The van der Waals surface area contributed by atoms with Gasteiger partial charge in [0, 0.05) is 5.41 Å². The number of halogens is 6. The van der Waals surface area contributed by atoms with Gasteiger partial charge in [0.05, 0.1) is 5.41 Å². The molecule has 0 aliphatic heterocycles. The summed E-state index contributed by atoms with van der Waals surface area (Å²) in [6.45, 7) is 1.99. The molecule has 1 unspecified atom stereocenters. The zero-order chi connectivity index (χ0) is 48.6. The van der Waals surface area contributed by atoms with Crippen LogP contribution in [0, 0.1) is 13.8 Å². The highest BCUT2D eigenvalue weighted by molar-refractivity contribution is 5.86. The fraction of sp³-hybridized carbons (Fsp3) is 0.250. The highest BCUT2D eigenvalue weighted by Crippen LogP contribution is 2.56. The van der Waals surface area contributed by atoms with Crippen molar-refractivity contribution in [3.05, 3.63) is 178 Å². The molecule has 0 amide bonds. The first-order valence-corrected chi connectivity index (χ1v) is 20.9. The van der Waals surface area contributed by atoms with Crippen LogP contribution < -0.4 is 18.9 Å². The fourth-order valence-electron chi connectivity index (χ4n) is 8.07. The quantitative estimate of drug-likeness (QED) is 0.0635. The first-order chi connectivity index (χ1) is 32.3. The molecule has 0 spiro atoms. The van der Waals surface area contributed by atoms with Crippen LogP contribution in [0.4, 0.5) is 40.7 Å². The molecule has 15 heteroatoms. The Morgan fingerprint density at radius 1 is 0.507 bits per heavy atom. The van der Waals surface area contributed by atoms with Gasteiger partial charge in [-0.1, -0.05) is 111 Å². The standard InChI is InChI=1S/C50H44F2O9.2CH2F2/c1-5-49(4,34-14-20-38(21-15-34)58-46(53)56-28-26-51)35-16-22-39(23-17-35)59-48(55)61-45-25-19-37(31-33(45)3)50(36-18-24-44(32(2)30-36)60-47(54)57-29-27-52)42-12-8-6-10-40(42)41-11-7-9-13-43(41)50;2*2-1-3/h6-25,30-31H,5,26-29H2,1-4H3;2*1H2. The van der Waals surface area contributed by atoms with E-state index in [1.54, 1.807) is 36.4 Å². The average Bonchev–Trinajstić information content (AvgIpc) is 3.63. The summed E-state index contributed by atoms with van der Waals surface area (Å²) in [5.74, 6) is 1.20. The van der Waals surface area contributed by atoms with E-state index in [0.717, 1.165) is 50.9 Å². The van der Waals surface area contributed by atoms with Gasteiger partial charge < -0.3 is 28.4 Å². The van der Waals surface area contributed by atoms with Crippen LogP contribution in [0.3, 0.4) is 0 Å². The van der Waals surface area contributed by atoms with E-state index < -0.39 is 56.5 Å². The van der Waals surface area contributed by atoms with Crippen molar-refractivity contribution in [2.75, 3.05) is 40.4 Å². The normalized spacial score (nSPS) is 12.6. The van der Waals surface area contributed by atoms with Gasteiger partial charge in [-0.05, 0) is 112 Å². The molecule has 0 radical (unpaired) electrons. The molecule has 9 nitrogen and oxygen atoms in total. The van der Waals surface area contributed by atoms with E-state index in [1.807, 2.05) is 86.6 Å². The summed E-state index contributed by atoms with van der Waals surface area (Å²) in [4.78, 5) is 37.2. The molecular weight excluding hydrogens is 883 g/mol. The van der Waals surface area contributed by atoms with Gasteiger partial charge in [-0.15, -0.1) is 0 Å². The third-order valence-electron chi connectivity index (χ3n) is 11.2. The highest BCUT2D eigenvalue weighted by Gasteiger charge is 2.46. The van der Waals surface area contributed by atoms with E-state index in [0.29, 0.717) is 28.4 Å². The molecule has 7 rings (SSSR count). The van der Waals surface area contributed by atoms with E-state index in [4.69, 9.17) is 23.7 Å². The summed E-state index contributed by atoms with van der Waals surface area (Å²) in [7, 11) is 0. The second-order valence-electron chi connectivity index (χ2n) is 15.0. The molecule has 0 heterocycles. The highest BCUT2D eigenvalue weighted by atomic mass is 19.3. The molecular formula is C52H48F6O9. The Kier molecular flexibility index (Phi) is 18.0. The van der Waals surface area contributed by atoms with Crippen molar-refractivity contribution in [3.63, 3.8) is 0 Å². The van der Waals surface area contributed by atoms with Crippen LogP contribution in [0.5, 0.6) is 23.0 Å². The predicted octanol–water partition coefficient (Wildman–Crippen LogP) is 13.7. The molecule has 1 atom stereocenters. The number of aryl methyl sites for hydroxylation is 2. The molecule has 0 saturated heterocycles. The number of hydrogen-bond acceptors (Lipinski definition) is 9. The third kappa shape index (κ3) is 11.6. The Labute approximate surface area is 384 Å². The molecule has 6 aromatic rings. The number of benzene rings is 6. The average molecular weight is 931 g/mol. The molecule has 0 fully saturated rings. The van der Waals surface area contributed by atoms with Gasteiger partial charge in [-0.25, -0.2) is 40.7 Å². The van der Waals surface area contributed by atoms with E-state index in [1.165, 1.54) is 0 Å². The fourth-order valence-corrected chi connectivity index (χ4v) is 8.07. The van der Waals surface area contributed by atoms with Crippen LogP contribution in [0.15, 0.2) is 133 Å². The van der Waals surface area contributed by atoms with E-state index in [9.17, 15) is 40.7 Å². The van der Waals surface area contributed by atoms with Gasteiger partial charge in [0.25, 0.3) is 0 Å². The van der Waals surface area contributed by atoms with E-state index in [2.05, 4.69) is 42.8 Å². The Balaban J connectivity index is 0.00000133. The lowest BCUT2D eigenvalue weighted by Gasteiger charge is -2.34. The Hall–Kier alpha value is -7.29. The number of rotatable bonds is 13. The maximum absolute atomic E-state index is 13.2. The van der Waals surface area contributed by atoms with Crippen molar-refractivity contribution in [1.29, 1.82) is 0 Å². The second kappa shape index (κ2) is 23.8. The minimum Gasteiger partial charge on any atom is -0.431 e. The van der Waals surface area contributed by atoms with E-state index in [-0.39, 0.29) is 19.0 Å². The van der Waals surface area contributed by atoms with Crippen molar-refractivity contribution < 1.29 is 69.1 Å². The Bertz CT molecular complexity index is 2560. The molecule has 352 valence electrons. The van der Waals surface area contributed by atoms with E-state index >= 15 is 0 Å². The molecule has 0 aromatic heterocycles. The van der Waals surface area contributed by atoms with Gasteiger partial charge in [-0.3, -0.25) is 0 Å². The summed E-state index contributed by atoms with van der Waals surface area (Å²) >= 11 is 0. The molecule has 1 aliphatic carbocycles. The predicted molar refractivity (Wildman–Crippen MR) is 240 cm³/mol. The summed E-state index contributed by atoms with van der Waals surface area (Å²) in [5.41, 5.74) is 8.20. The van der Waals surface area contributed by atoms with Crippen LogP contribution in [0.2, 0.25) is 0 Å². The molecule has 0 saturated carbocycles. The molecule has 67 heavy (non-hydrogen) atoms. The zero-order valence-electron chi connectivity index (χ0n) is 37.1. The number of hydrogen-bond donors (Lipinski definition) is 0. The third-order valence-corrected chi connectivity index (χ3v) is 11.2. The minimum atomic E-state index is -1.75. The van der Waals surface area contributed by atoms with Crippen LogP contribution in [0.1, 0.15) is 64.8 Å². The lowest BCUT2D eigenvalue weighted by Crippen LogP contribution is -2.29. The Morgan fingerprint density at radius 3 is 1.27 bits per heavy atom.